The Kier molecular flexibility index (Phi) is 6.58. The van der Waals surface area contributed by atoms with Crippen molar-refractivity contribution in [3.05, 3.63) is 89.3 Å². The van der Waals surface area contributed by atoms with Crippen LogP contribution in [-0.2, 0) is 20.9 Å². The predicted molar refractivity (Wildman–Crippen MR) is 112 cm³/mol. The Morgan fingerprint density at radius 1 is 1.14 bits per heavy atom. The number of hydrogen-bond donors (Lipinski definition) is 1. The van der Waals surface area contributed by atoms with E-state index < -0.39 is 5.97 Å². The Labute approximate surface area is 169 Å². The molecule has 3 aromatic rings. The monoisotopic (exact) mass is 389 g/mol. The second kappa shape index (κ2) is 9.50. The average molecular weight is 389 g/mol. The summed E-state index contributed by atoms with van der Waals surface area (Å²) in [4.78, 5) is 23.9. The van der Waals surface area contributed by atoms with Crippen LogP contribution in [0.4, 0.5) is 5.69 Å². The first-order valence-corrected chi connectivity index (χ1v) is 9.28. The molecular formula is C23H23N3O3. The molecule has 29 heavy (non-hydrogen) atoms. The van der Waals surface area contributed by atoms with Gasteiger partial charge in [-0.3, -0.25) is 9.48 Å². The number of carbonyl (C=O) groups is 2. The maximum Gasteiger partial charge on any atom is 0.331 e. The summed E-state index contributed by atoms with van der Waals surface area (Å²) in [6, 6.07) is 15.8. The van der Waals surface area contributed by atoms with Crippen molar-refractivity contribution in [2.75, 3.05) is 11.9 Å². The quantitative estimate of drug-likeness (QED) is 0.493. The lowest BCUT2D eigenvalue weighted by Gasteiger charge is -2.09. The number of carbonyl (C=O) groups excluding carboxylic acids is 2. The van der Waals surface area contributed by atoms with Crippen molar-refractivity contribution in [2.45, 2.75) is 20.4 Å². The van der Waals surface area contributed by atoms with E-state index >= 15 is 0 Å². The lowest BCUT2D eigenvalue weighted by atomic mass is 10.1. The number of esters is 1. The van der Waals surface area contributed by atoms with E-state index in [2.05, 4.69) is 10.4 Å². The standard InChI is InChI=1S/C23H23N3O3/c1-17-8-9-18(2)21(12-17)25-22(27)16-29-23(28)11-10-20-13-24-26(15-20)14-19-6-4-3-5-7-19/h3-13,15H,14,16H2,1-2H3,(H,25,27)/b11-10+. The summed E-state index contributed by atoms with van der Waals surface area (Å²) in [7, 11) is 0. The molecule has 0 spiro atoms. The number of anilines is 1. The van der Waals surface area contributed by atoms with Crippen LogP contribution in [0.25, 0.3) is 6.08 Å². The summed E-state index contributed by atoms with van der Waals surface area (Å²) >= 11 is 0. The summed E-state index contributed by atoms with van der Waals surface area (Å²) in [5.41, 5.74) is 4.62. The summed E-state index contributed by atoms with van der Waals surface area (Å²) in [6.07, 6.45) is 6.40. The molecule has 148 valence electrons. The summed E-state index contributed by atoms with van der Waals surface area (Å²) in [5.74, 6) is -0.965. The van der Waals surface area contributed by atoms with Gasteiger partial charge in [0.2, 0.25) is 0 Å². The summed E-state index contributed by atoms with van der Waals surface area (Å²) in [5, 5.41) is 7.03. The van der Waals surface area contributed by atoms with Crippen molar-refractivity contribution in [1.29, 1.82) is 0 Å². The van der Waals surface area contributed by atoms with Gasteiger partial charge in [0.25, 0.3) is 5.91 Å². The smallest absolute Gasteiger partial charge is 0.331 e. The van der Waals surface area contributed by atoms with E-state index in [1.54, 1.807) is 17.0 Å². The molecule has 2 aromatic carbocycles. The average Bonchev–Trinajstić information content (AvgIpc) is 3.15. The minimum absolute atomic E-state index is 0.343. The highest BCUT2D eigenvalue weighted by Gasteiger charge is 2.08. The molecule has 1 heterocycles. The van der Waals surface area contributed by atoms with E-state index in [9.17, 15) is 9.59 Å². The molecule has 0 bridgehead atoms. The maximum atomic E-state index is 12.0. The fourth-order valence-electron chi connectivity index (χ4n) is 2.73. The molecule has 0 aliphatic carbocycles. The molecule has 1 amide bonds. The molecule has 0 saturated carbocycles. The Bertz CT molecular complexity index is 1020. The van der Waals surface area contributed by atoms with E-state index in [0.29, 0.717) is 12.2 Å². The van der Waals surface area contributed by atoms with Crippen LogP contribution >= 0.6 is 0 Å². The van der Waals surface area contributed by atoms with Crippen LogP contribution in [0.2, 0.25) is 0 Å². The van der Waals surface area contributed by atoms with Crippen LogP contribution in [0.15, 0.2) is 67.0 Å². The number of aromatic nitrogens is 2. The molecular weight excluding hydrogens is 366 g/mol. The zero-order valence-corrected chi connectivity index (χ0v) is 16.5. The van der Waals surface area contributed by atoms with Crippen molar-refractivity contribution in [3.63, 3.8) is 0 Å². The van der Waals surface area contributed by atoms with Crippen molar-refractivity contribution in [1.82, 2.24) is 9.78 Å². The van der Waals surface area contributed by atoms with Gasteiger partial charge in [0.15, 0.2) is 6.61 Å². The maximum absolute atomic E-state index is 12.0. The molecule has 1 N–H and O–H groups in total. The number of benzene rings is 2. The van der Waals surface area contributed by atoms with Crippen LogP contribution in [-0.4, -0.2) is 28.3 Å². The van der Waals surface area contributed by atoms with Gasteiger partial charge in [-0.15, -0.1) is 0 Å². The van der Waals surface area contributed by atoms with Crippen LogP contribution < -0.4 is 5.32 Å². The first-order chi connectivity index (χ1) is 14.0. The minimum atomic E-state index is -0.586. The second-order valence-electron chi connectivity index (χ2n) is 6.76. The second-order valence-corrected chi connectivity index (χ2v) is 6.76. The van der Waals surface area contributed by atoms with Gasteiger partial charge >= 0.3 is 5.97 Å². The molecule has 0 aliphatic rings. The largest absolute Gasteiger partial charge is 0.452 e. The first-order valence-electron chi connectivity index (χ1n) is 9.28. The molecule has 0 aliphatic heterocycles. The van der Waals surface area contributed by atoms with Crippen LogP contribution in [0.3, 0.4) is 0 Å². The zero-order chi connectivity index (χ0) is 20.6. The highest BCUT2D eigenvalue weighted by atomic mass is 16.5. The van der Waals surface area contributed by atoms with E-state index in [1.165, 1.54) is 6.08 Å². The highest BCUT2D eigenvalue weighted by Crippen LogP contribution is 2.16. The molecule has 1 aromatic heterocycles. The lowest BCUT2D eigenvalue weighted by molar-refractivity contribution is -0.142. The number of rotatable bonds is 7. The number of ether oxygens (including phenoxy) is 1. The Morgan fingerprint density at radius 3 is 2.72 bits per heavy atom. The van der Waals surface area contributed by atoms with Crippen LogP contribution in [0.5, 0.6) is 0 Å². The van der Waals surface area contributed by atoms with E-state index in [-0.39, 0.29) is 12.5 Å². The number of hydrogen-bond acceptors (Lipinski definition) is 4. The normalized spacial score (nSPS) is 10.8. The molecule has 0 saturated heterocycles. The molecule has 0 unspecified atom stereocenters. The fraction of sp³-hybridized carbons (Fsp3) is 0.174. The van der Waals surface area contributed by atoms with Crippen molar-refractivity contribution >= 4 is 23.6 Å². The summed E-state index contributed by atoms with van der Waals surface area (Å²) < 4.78 is 6.79. The van der Waals surface area contributed by atoms with Crippen molar-refractivity contribution in [2.24, 2.45) is 0 Å². The number of amides is 1. The van der Waals surface area contributed by atoms with Gasteiger partial charge in [-0.05, 0) is 42.7 Å². The number of nitrogens with one attached hydrogen (secondary N) is 1. The van der Waals surface area contributed by atoms with Gasteiger partial charge in [-0.1, -0.05) is 42.5 Å². The third-order valence-corrected chi connectivity index (χ3v) is 4.27. The Hall–Kier alpha value is -3.67. The zero-order valence-electron chi connectivity index (χ0n) is 16.5. The Morgan fingerprint density at radius 2 is 1.93 bits per heavy atom. The summed E-state index contributed by atoms with van der Waals surface area (Å²) in [6.45, 7) is 4.16. The van der Waals surface area contributed by atoms with Gasteiger partial charge in [0, 0.05) is 23.5 Å². The molecule has 0 fully saturated rings. The van der Waals surface area contributed by atoms with Gasteiger partial charge in [0.05, 0.1) is 12.7 Å². The van der Waals surface area contributed by atoms with Gasteiger partial charge in [-0.25, -0.2) is 4.79 Å². The molecule has 3 rings (SSSR count). The third-order valence-electron chi connectivity index (χ3n) is 4.27. The molecule has 0 atom stereocenters. The number of nitrogens with zero attached hydrogens (tertiary/aromatic N) is 2. The van der Waals surface area contributed by atoms with E-state index in [4.69, 9.17) is 4.74 Å². The lowest BCUT2D eigenvalue weighted by Crippen LogP contribution is -2.20. The van der Waals surface area contributed by atoms with Gasteiger partial charge in [-0.2, -0.15) is 5.10 Å². The van der Waals surface area contributed by atoms with Gasteiger partial charge in [0.1, 0.15) is 0 Å². The topological polar surface area (TPSA) is 73.2 Å². The number of aryl methyl sites for hydroxylation is 2. The van der Waals surface area contributed by atoms with Crippen molar-refractivity contribution < 1.29 is 14.3 Å². The Balaban J connectivity index is 1.47. The first kappa shape index (κ1) is 20.1. The van der Waals surface area contributed by atoms with Crippen molar-refractivity contribution in [3.8, 4) is 0 Å². The highest BCUT2D eigenvalue weighted by molar-refractivity contribution is 5.95. The van der Waals surface area contributed by atoms with E-state index in [0.717, 1.165) is 22.3 Å². The SMILES string of the molecule is Cc1ccc(C)c(NC(=O)COC(=O)/C=C/c2cnn(Cc3ccccc3)c2)c1. The van der Waals surface area contributed by atoms with E-state index in [1.807, 2.05) is 68.6 Å². The van der Waals surface area contributed by atoms with Crippen LogP contribution in [0.1, 0.15) is 22.3 Å². The van der Waals surface area contributed by atoms with Gasteiger partial charge < -0.3 is 10.1 Å². The molecule has 6 heteroatoms. The van der Waals surface area contributed by atoms with Crippen LogP contribution in [0, 0.1) is 13.8 Å². The molecule has 6 nitrogen and oxygen atoms in total. The predicted octanol–water partition coefficient (Wildman–Crippen LogP) is 3.74. The minimum Gasteiger partial charge on any atom is -0.452 e. The molecule has 0 radical (unpaired) electrons. The fourth-order valence-corrected chi connectivity index (χ4v) is 2.73. The third kappa shape index (κ3) is 6.17.